The van der Waals surface area contributed by atoms with Crippen LogP contribution in [0.15, 0.2) is 22.8 Å². The summed E-state index contributed by atoms with van der Waals surface area (Å²) in [4.78, 5) is 12.6. The summed E-state index contributed by atoms with van der Waals surface area (Å²) in [6, 6.07) is 2.10. The van der Waals surface area contributed by atoms with Crippen molar-refractivity contribution in [3.05, 3.63) is 24.2 Å². The van der Waals surface area contributed by atoms with Gasteiger partial charge in [-0.25, -0.2) is 0 Å². The lowest BCUT2D eigenvalue weighted by molar-refractivity contribution is -0.164. The van der Waals surface area contributed by atoms with Gasteiger partial charge in [-0.1, -0.05) is 13.8 Å². The molecule has 1 amide bonds. The van der Waals surface area contributed by atoms with Gasteiger partial charge < -0.3 is 15.1 Å². The van der Waals surface area contributed by atoms with Crippen LogP contribution in [0.5, 0.6) is 0 Å². The van der Waals surface area contributed by atoms with Gasteiger partial charge >= 0.3 is 6.18 Å². The van der Waals surface area contributed by atoms with E-state index in [1.54, 1.807) is 19.9 Å². The van der Waals surface area contributed by atoms with E-state index in [-0.39, 0.29) is 18.2 Å². The first-order chi connectivity index (χ1) is 8.70. The zero-order valence-electron chi connectivity index (χ0n) is 10.8. The average Bonchev–Trinajstić information content (AvgIpc) is 2.77. The monoisotopic (exact) mass is 278 g/mol. The van der Waals surface area contributed by atoms with E-state index in [9.17, 15) is 18.0 Å². The van der Waals surface area contributed by atoms with Gasteiger partial charge in [0.1, 0.15) is 12.3 Å². The van der Waals surface area contributed by atoms with Gasteiger partial charge in [0.15, 0.2) is 0 Å². The Morgan fingerprint density at radius 2 is 2.11 bits per heavy atom. The van der Waals surface area contributed by atoms with Crippen molar-refractivity contribution in [3.63, 3.8) is 0 Å². The number of rotatable bonds is 5. The second-order valence-corrected chi connectivity index (χ2v) is 4.66. The molecule has 0 saturated carbocycles. The number of hydrogen-bond donors (Lipinski definition) is 1. The fourth-order valence-electron chi connectivity index (χ4n) is 1.51. The first-order valence-electron chi connectivity index (χ1n) is 5.84. The maximum Gasteiger partial charge on any atom is 0.406 e. The molecule has 0 saturated heterocycles. The Morgan fingerprint density at radius 1 is 1.47 bits per heavy atom. The topological polar surface area (TPSA) is 59.5 Å². The third-order valence-electron chi connectivity index (χ3n) is 2.61. The third kappa shape index (κ3) is 4.94. The maximum absolute atomic E-state index is 12.5. The van der Waals surface area contributed by atoms with Gasteiger partial charge in [-0.2, -0.15) is 13.2 Å². The highest BCUT2D eigenvalue weighted by molar-refractivity contribution is 5.81. The molecule has 0 aliphatic rings. The van der Waals surface area contributed by atoms with Crippen LogP contribution in [0.1, 0.15) is 19.6 Å². The molecular weight excluding hydrogens is 261 g/mol. The van der Waals surface area contributed by atoms with Crippen LogP contribution in [0.4, 0.5) is 13.2 Å². The Morgan fingerprint density at radius 3 is 2.53 bits per heavy atom. The molecule has 1 heterocycles. The Labute approximate surface area is 109 Å². The Balaban J connectivity index is 2.82. The minimum absolute atomic E-state index is 0.236. The molecule has 7 heteroatoms. The van der Waals surface area contributed by atoms with Crippen LogP contribution in [0, 0.1) is 5.92 Å². The van der Waals surface area contributed by atoms with E-state index in [0.717, 1.165) is 0 Å². The molecular formula is C12H17F3N2O2. The summed E-state index contributed by atoms with van der Waals surface area (Å²) in [7, 11) is 0. The number of alkyl halides is 3. The molecule has 0 radical (unpaired) electrons. The number of halogens is 3. The van der Waals surface area contributed by atoms with E-state index in [0.29, 0.717) is 4.90 Å². The molecule has 4 nitrogen and oxygen atoms in total. The molecule has 0 aliphatic carbocycles. The quantitative estimate of drug-likeness (QED) is 0.897. The van der Waals surface area contributed by atoms with Gasteiger partial charge in [-0.15, -0.1) is 0 Å². The van der Waals surface area contributed by atoms with E-state index in [1.807, 2.05) is 0 Å². The van der Waals surface area contributed by atoms with Gasteiger partial charge in [0, 0.05) is 0 Å². The minimum atomic E-state index is -4.47. The molecule has 0 unspecified atom stereocenters. The van der Waals surface area contributed by atoms with Crippen molar-refractivity contribution in [3.8, 4) is 0 Å². The number of hydrogen-bond acceptors (Lipinski definition) is 3. The van der Waals surface area contributed by atoms with Crippen molar-refractivity contribution < 1.29 is 22.4 Å². The highest BCUT2D eigenvalue weighted by Gasteiger charge is 2.35. The average molecular weight is 278 g/mol. The SMILES string of the molecule is CC(C)[C@@H](N)C(=O)N(Cc1ccco1)CC(F)(F)F. The summed E-state index contributed by atoms with van der Waals surface area (Å²) in [6.45, 7) is 1.78. The zero-order chi connectivity index (χ0) is 14.6. The van der Waals surface area contributed by atoms with E-state index < -0.39 is 24.7 Å². The summed E-state index contributed by atoms with van der Waals surface area (Å²) < 4.78 is 42.4. The number of nitrogens with zero attached hydrogens (tertiary/aromatic N) is 1. The summed E-state index contributed by atoms with van der Waals surface area (Å²) >= 11 is 0. The summed E-state index contributed by atoms with van der Waals surface area (Å²) in [5.74, 6) is -0.683. The molecule has 108 valence electrons. The fraction of sp³-hybridized carbons (Fsp3) is 0.583. The predicted molar refractivity (Wildman–Crippen MR) is 63.0 cm³/mol. The van der Waals surface area contributed by atoms with Gasteiger partial charge in [0.25, 0.3) is 0 Å². The highest BCUT2D eigenvalue weighted by Crippen LogP contribution is 2.19. The lowest BCUT2D eigenvalue weighted by atomic mass is 10.0. The van der Waals surface area contributed by atoms with Crippen LogP contribution in [0.2, 0.25) is 0 Å². The first-order valence-corrected chi connectivity index (χ1v) is 5.84. The second-order valence-electron chi connectivity index (χ2n) is 4.66. The van der Waals surface area contributed by atoms with Crippen molar-refractivity contribution in [2.45, 2.75) is 32.6 Å². The molecule has 1 aromatic heterocycles. The molecule has 0 fully saturated rings. The standard InChI is InChI=1S/C12H17F3N2O2/c1-8(2)10(16)11(18)17(7-12(13,14)15)6-9-4-3-5-19-9/h3-5,8,10H,6-7,16H2,1-2H3/t10-/m1/s1. The van der Waals surface area contributed by atoms with Crippen molar-refractivity contribution in [2.75, 3.05) is 6.54 Å². The molecule has 0 bridgehead atoms. The molecule has 1 atom stereocenters. The van der Waals surface area contributed by atoms with Crippen LogP contribution in [-0.2, 0) is 11.3 Å². The molecule has 19 heavy (non-hydrogen) atoms. The van der Waals surface area contributed by atoms with E-state index in [1.165, 1.54) is 12.3 Å². The Kier molecular flexibility index (Phi) is 4.99. The van der Waals surface area contributed by atoms with E-state index in [4.69, 9.17) is 10.2 Å². The molecule has 0 spiro atoms. The fourth-order valence-corrected chi connectivity index (χ4v) is 1.51. The van der Waals surface area contributed by atoms with Crippen LogP contribution in [0.3, 0.4) is 0 Å². The normalized spacial score (nSPS) is 13.6. The number of amides is 1. The van der Waals surface area contributed by atoms with Crippen molar-refractivity contribution in [2.24, 2.45) is 11.7 Å². The largest absolute Gasteiger partial charge is 0.467 e. The van der Waals surface area contributed by atoms with Crippen LogP contribution < -0.4 is 5.73 Å². The Bertz CT molecular complexity index is 402. The van der Waals surface area contributed by atoms with Gasteiger partial charge in [-0.3, -0.25) is 4.79 Å². The predicted octanol–water partition coefficient (Wildman–Crippen LogP) is 2.15. The van der Waals surface area contributed by atoms with Gasteiger partial charge in [-0.05, 0) is 18.1 Å². The van der Waals surface area contributed by atoms with E-state index >= 15 is 0 Å². The summed E-state index contributed by atoms with van der Waals surface area (Å²) in [6.07, 6.45) is -3.13. The maximum atomic E-state index is 12.5. The number of carbonyl (C=O) groups excluding carboxylic acids is 1. The first kappa shape index (κ1) is 15.6. The molecule has 2 N–H and O–H groups in total. The smallest absolute Gasteiger partial charge is 0.406 e. The molecule has 1 aromatic rings. The number of nitrogens with two attached hydrogens (primary N) is 1. The van der Waals surface area contributed by atoms with Gasteiger partial charge in [0.05, 0.1) is 18.8 Å². The van der Waals surface area contributed by atoms with E-state index in [2.05, 4.69) is 0 Å². The summed E-state index contributed by atoms with van der Waals surface area (Å²) in [5.41, 5.74) is 5.62. The van der Waals surface area contributed by atoms with Crippen molar-refractivity contribution >= 4 is 5.91 Å². The molecule has 0 aromatic carbocycles. The zero-order valence-corrected chi connectivity index (χ0v) is 10.8. The van der Waals surface area contributed by atoms with Crippen LogP contribution in [0.25, 0.3) is 0 Å². The number of carbonyl (C=O) groups is 1. The molecule has 0 aliphatic heterocycles. The van der Waals surface area contributed by atoms with Crippen molar-refractivity contribution in [1.82, 2.24) is 4.90 Å². The highest BCUT2D eigenvalue weighted by atomic mass is 19.4. The second kappa shape index (κ2) is 6.10. The van der Waals surface area contributed by atoms with Crippen molar-refractivity contribution in [1.29, 1.82) is 0 Å². The summed E-state index contributed by atoms with van der Waals surface area (Å²) in [5, 5.41) is 0. The third-order valence-corrected chi connectivity index (χ3v) is 2.61. The van der Waals surface area contributed by atoms with Crippen LogP contribution >= 0.6 is 0 Å². The van der Waals surface area contributed by atoms with Crippen LogP contribution in [-0.4, -0.2) is 29.6 Å². The molecule has 1 rings (SSSR count). The van der Waals surface area contributed by atoms with Gasteiger partial charge in [0.2, 0.25) is 5.91 Å². The Hall–Kier alpha value is -1.50. The minimum Gasteiger partial charge on any atom is -0.467 e. The number of furan rings is 1. The lowest BCUT2D eigenvalue weighted by Gasteiger charge is -2.27. The lowest BCUT2D eigenvalue weighted by Crippen LogP contribution is -2.49.